The summed E-state index contributed by atoms with van der Waals surface area (Å²) in [4.78, 5) is 14.9. The summed E-state index contributed by atoms with van der Waals surface area (Å²) < 4.78 is 1.84. The van der Waals surface area contributed by atoms with Crippen LogP contribution in [0.5, 0.6) is 0 Å². The number of amides is 1. The summed E-state index contributed by atoms with van der Waals surface area (Å²) >= 11 is 1.69. The lowest BCUT2D eigenvalue weighted by atomic mass is 10.1. The number of rotatable bonds is 8. The molecule has 1 atom stereocenters. The maximum atomic E-state index is 12.6. The van der Waals surface area contributed by atoms with E-state index in [0.29, 0.717) is 18.3 Å². The number of aromatic nitrogens is 3. The van der Waals surface area contributed by atoms with Gasteiger partial charge in [-0.05, 0) is 61.4 Å². The van der Waals surface area contributed by atoms with Crippen molar-refractivity contribution in [3.05, 3.63) is 34.3 Å². The van der Waals surface area contributed by atoms with Gasteiger partial charge in [0, 0.05) is 6.54 Å². The third-order valence-corrected chi connectivity index (χ3v) is 5.76. The summed E-state index contributed by atoms with van der Waals surface area (Å²) in [5.41, 5.74) is 1.64. The molecule has 142 valence electrons. The van der Waals surface area contributed by atoms with E-state index in [1.54, 1.807) is 17.5 Å². The number of nitrogens with one attached hydrogen (secondary N) is 2. The predicted octanol–water partition coefficient (Wildman–Crippen LogP) is 2.08. The molecule has 8 heteroatoms. The molecule has 1 fully saturated rings. The van der Waals surface area contributed by atoms with E-state index in [4.69, 9.17) is 0 Å². The van der Waals surface area contributed by atoms with Crippen LogP contribution < -0.4 is 10.6 Å². The Morgan fingerprint density at radius 3 is 2.85 bits per heavy atom. The molecule has 0 spiro atoms. The fourth-order valence-electron chi connectivity index (χ4n) is 3.50. The van der Waals surface area contributed by atoms with Crippen LogP contribution >= 0.6 is 11.3 Å². The second-order valence-corrected chi connectivity index (χ2v) is 7.35. The van der Waals surface area contributed by atoms with Crippen LogP contribution in [-0.4, -0.2) is 58.5 Å². The zero-order chi connectivity index (χ0) is 18.4. The van der Waals surface area contributed by atoms with Crippen molar-refractivity contribution < 1.29 is 4.79 Å². The molecule has 3 rings (SSSR count). The molecule has 26 heavy (non-hydrogen) atoms. The lowest BCUT2D eigenvalue weighted by molar-refractivity contribution is 0.0930. The van der Waals surface area contributed by atoms with E-state index < -0.39 is 0 Å². The Balaban J connectivity index is 1.62. The van der Waals surface area contributed by atoms with Crippen molar-refractivity contribution in [2.24, 2.45) is 0 Å². The summed E-state index contributed by atoms with van der Waals surface area (Å²) in [6.45, 7) is 8.72. The second kappa shape index (κ2) is 9.25. The van der Waals surface area contributed by atoms with Gasteiger partial charge in [-0.1, -0.05) is 19.1 Å². The zero-order valence-corrected chi connectivity index (χ0v) is 16.3. The van der Waals surface area contributed by atoms with Gasteiger partial charge >= 0.3 is 0 Å². The van der Waals surface area contributed by atoms with Gasteiger partial charge in [-0.2, -0.15) is 11.3 Å². The highest BCUT2D eigenvalue weighted by atomic mass is 32.1. The molecule has 1 amide bonds. The predicted molar refractivity (Wildman–Crippen MR) is 103 cm³/mol. The maximum Gasteiger partial charge on any atom is 0.273 e. The van der Waals surface area contributed by atoms with Gasteiger partial charge in [0.25, 0.3) is 5.91 Å². The molecule has 2 N–H and O–H groups in total. The molecule has 2 aromatic heterocycles. The highest BCUT2D eigenvalue weighted by Gasteiger charge is 2.22. The lowest BCUT2D eigenvalue weighted by Gasteiger charge is -2.29. The van der Waals surface area contributed by atoms with E-state index in [9.17, 15) is 4.79 Å². The molecule has 0 aliphatic carbocycles. The van der Waals surface area contributed by atoms with Gasteiger partial charge in [-0.15, -0.1) is 5.10 Å². The van der Waals surface area contributed by atoms with Crippen LogP contribution in [0.1, 0.15) is 54.8 Å². The minimum atomic E-state index is -0.155. The highest BCUT2D eigenvalue weighted by Crippen LogP contribution is 2.22. The van der Waals surface area contributed by atoms with Crippen LogP contribution in [-0.2, 0) is 0 Å². The number of carbonyl (C=O) groups is 1. The molecular weight excluding hydrogens is 348 g/mol. The number of carbonyl (C=O) groups excluding carboxylic acids is 1. The summed E-state index contributed by atoms with van der Waals surface area (Å²) in [6.07, 6.45) is 3.82. The van der Waals surface area contributed by atoms with E-state index in [1.807, 2.05) is 4.68 Å². The molecule has 0 bridgehead atoms. The van der Waals surface area contributed by atoms with Crippen LogP contribution in [0.4, 0.5) is 0 Å². The van der Waals surface area contributed by atoms with Crippen molar-refractivity contribution in [1.82, 2.24) is 30.5 Å². The molecule has 1 saturated heterocycles. The van der Waals surface area contributed by atoms with Gasteiger partial charge in [-0.25, -0.2) is 4.68 Å². The largest absolute Gasteiger partial charge is 0.349 e. The van der Waals surface area contributed by atoms with Gasteiger partial charge in [0.05, 0.1) is 18.3 Å². The molecule has 1 aliphatic rings. The monoisotopic (exact) mass is 376 g/mol. The summed E-state index contributed by atoms with van der Waals surface area (Å²) in [5, 5.41) is 18.9. The molecule has 1 unspecified atom stereocenters. The normalized spacial score (nSPS) is 16.7. The molecule has 3 heterocycles. The van der Waals surface area contributed by atoms with Crippen molar-refractivity contribution in [1.29, 1.82) is 0 Å². The van der Waals surface area contributed by atoms with Crippen LogP contribution in [0.25, 0.3) is 0 Å². The smallest absolute Gasteiger partial charge is 0.273 e. The Morgan fingerprint density at radius 2 is 2.19 bits per heavy atom. The SMILES string of the molecule is CCN(CC)C(CNC(=O)c1cn(C2CCNCC2)nn1)c1ccsc1. The van der Waals surface area contributed by atoms with Crippen LogP contribution in [0.15, 0.2) is 23.0 Å². The fraction of sp³-hybridized carbons (Fsp3) is 0.611. The molecule has 1 aliphatic heterocycles. The number of thiophene rings is 1. The van der Waals surface area contributed by atoms with Crippen LogP contribution in [0, 0.1) is 0 Å². The van der Waals surface area contributed by atoms with Crippen molar-refractivity contribution in [3.8, 4) is 0 Å². The van der Waals surface area contributed by atoms with Gasteiger partial charge in [0.15, 0.2) is 5.69 Å². The first-order valence-electron chi connectivity index (χ1n) is 9.39. The summed E-state index contributed by atoms with van der Waals surface area (Å²) in [7, 11) is 0. The summed E-state index contributed by atoms with van der Waals surface area (Å²) in [6, 6.07) is 2.65. The van der Waals surface area contributed by atoms with E-state index in [0.717, 1.165) is 39.0 Å². The molecule has 0 saturated carbocycles. The standard InChI is InChI=1S/C18H28N6OS/c1-3-23(4-2)17(14-7-10-26-13-14)11-20-18(25)16-12-24(22-21-16)15-5-8-19-9-6-15/h7,10,12-13,15,17,19H,3-6,8-9,11H2,1-2H3,(H,20,25). The van der Waals surface area contributed by atoms with Crippen molar-refractivity contribution in [2.75, 3.05) is 32.7 Å². The van der Waals surface area contributed by atoms with E-state index in [1.165, 1.54) is 5.56 Å². The minimum absolute atomic E-state index is 0.155. The Labute approximate surface area is 158 Å². The Bertz CT molecular complexity index is 676. The van der Waals surface area contributed by atoms with E-state index in [-0.39, 0.29) is 11.9 Å². The Hall–Kier alpha value is -1.77. The van der Waals surface area contributed by atoms with Crippen molar-refractivity contribution in [3.63, 3.8) is 0 Å². The third kappa shape index (κ3) is 4.49. The fourth-order valence-corrected chi connectivity index (χ4v) is 4.20. The number of hydrogen-bond donors (Lipinski definition) is 2. The Kier molecular flexibility index (Phi) is 6.76. The number of likely N-dealkylation sites (N-methyl/N-ethyl adjacent to an activating group) is 1. The quantitative estimate of drug-likeness (QED) is 0.738. The van der Waals surface area contributed by atoms with Gasteiger partial charge < -0.3 is 10.6 Å². The van der Waals surface area contributed by atoms with E-state index >= 15 is 0 Å². The average Bonchev–Trinajstić information content (AvgIpc) is 3.37. The zero-order valence-electron chi connectivity index (χ0n) is 15.5. The minimum Gasteiger partial charge on any atom is -0.349 e. The van der Waals surface area contributed by atoms with Crippen molar-refractivity contribution in [2.45, 2.75) is 38.8 Å². The third-order valence-electron chi connectivity index (χ3n) is 5.06. The van der Waals surface area contributed by atoms with Crippen LogP contribution in [0.3, 0.4) is 0 Å². The van der Waals surface area contributed by atoms with Crippen molar-refractivity contribution >= 4 is 17.2 Å². The van der Waals surface area contributed by atoms with Gasteiger partial charge in [-0.3, -0.25) is 9.69 Å². The van der Waals surface area contributed by atoms with Gasteiger partial charge in [0.2, 0.25) is 0 Å². The lowest BCUT2D eigenvalue weighted by Crippen LogP contribution is -2.38. The van der Waals surface area contributed by atoms with Crippen LogP contribution in [0.2, 0.25) is 0 Å². The van der Waals surface area contributed by atoms with E-state index in [2.05, 4.69) is 56.5 Å². The molecular formula is C18H28N6OS. The second-order valence-electron chi connectivity index (χ2n) is 6.57. The first-order chi connectivity index (χ1) is 12.7. The topological polar surface area (TPSA) is 75.1 Å². The summed E-state index contributed by atoms with van der Waals surface area (Å²) in [5.74, 6) is -0.155. The Morgan fingerprint density at radius 1 is 1.42 bits per heavy atom. The number of piperidine rings is 1. The highest BCUT2D eigenvalue weighted by molar-refractivity contribution is 7.07. The number of nitrogens with zero attached hydrogens (tertiary/aromatic N) is 4. The molecule has 7 nitrogen and oxygen atoms in total. The molecule has 2 aromatic rings. The van der Waals surface area contributed by atoms with Gasteiger partial charge in [0.1, 0.15) is 0 Å². The average molecular weight is 377 g/mol. The molecule has 0 radical (unpaired) electrons. The maximum absolute atomic E-state index is 12.6. The first kappa shape index (κ1) is 19.0. The number of hydrogen-bond acceptors (Lipinski definition) is 6. The molecule has 0 aromatic carbocycles. The first-order valence-corrected chi connectivity index (χ1v) is 10.3.